The zero-order valence-electron chi connectivity index (χ0n) is 21.4. The Balaban J connectivity index is 1.33. The molecular formula is C32H36N2O. The molecule has 3 nitrogen and oxygen atoms in total. The summed E-state index contributed by atoms with van der Waals surface area (Å²) in [6.45, 7) is 9.05. The molecule has 0 radical (unpaired) electrons. The number of allylic oxidation sites excluding steroid dienone is 2. The first kappa shape index (κ1) is 22.6. The molecule has 180 valence electrons. The van der Waals surface area contributed by atoms with Gasteiger partial charge in [-0.2, -0.15) is 5.26 Å². The van der Waals surface area contributed by atoms with E-state index in [1.807, 2.05) is 18.2 Å². The van der Waals surface area contributed by atoms with Crippen LogP contribution in [0.3, 0.4) is 0 Å². The topological polar surface area (TPSA) is 44.1 Å². The number of carbonyl (C=O) groups is 1. The molecule has 0 spiro atoms. The van der Waals surface area contributed by atoms with E-state index in [9.17, 15) is 10.1 Å². The van der Waals surface area contributed by atoms with Crippen molar-refractivity contribution in [1.29, 1.82) is 5.26 Å². The smallest absolute Gasteiger partial charge is 0.193 e. The quantitative estimate of drug-likeness (QED) is 0.489. The highest BCUT2D eigenvalue weighted by Crippen LogP contribution is 2.51. The van der Waals surface area contributed by atoms with Crippen LogP contribution in [0.25, 0.3) is 5.57 Å². The lowest BCUT2D eigenvalue weighted by Crippen LogP contribution is -2.36. The first-order chi connectivity index (χ1) is 16.9. The van der Waals surface area contributed by atoms with Crippen molar-refractivity contribution in [3.8, 4) is 6.07 Å². The third-order valence-electron chi connectivity index (χ3n) is 9.52. The standard InChI is InChI=1S/C32H36N2O/c1-4-23-16-26-27(18-29(23)34-12-10-21(11-13-34)14-20-6-5-7-20)32(2,3)28-17-24-15-22(19-33)8-9-25(24)30(28)31(26)35/h8-9,15-16,18,20-21H,4-7,10-14,17H2,1-3H3. The van der Waals surface area contributed by atoms with Gasteiger partial charge in [0.2, 0.25) is 0 Å². The van der Waals surface area contributed by atoms with Gasteiger partial charge in [-0.05, 0) is 96.0 Å². The van der Waals surface area contributed by atoms with Gasteiger partial charge in [0.25, 0.3) is 0 Å². The molecule has 3 aliphatic carbocycles. The van der Waals surface area contributed by atoms with Crippen molar-refractivity contribution in [3.05, 3.63) is 69.3 Å². The Morgan fingerprint density at radius 3 is 2.43 bits per heavy atom. The molecule has 2 fully saturated rings. The number of anilines is 1. The summed E-state index contributed by atoms with van der Waals surface area (Å²) in [6, 6.07) is 12.6. The Bertz CT molecular complexity index is 1280. The van der Waals surface area contributed by atoms with Gasteiger partial charge in [-0.25, -0.2) is 0 Å². The van der Waals surface area contributed by atoms with Gasteiger partial charge < -0.3 is 4.90 Å². The van der Waals surface area contributed by atoms with Crippen LogP contribution in [0.4, 0.5) is 5.69 Å². The van der Waals surface area contributed by atoms with Gasteiger partial charge in [0, 0.05) is 35.3 Å². The summed E-state index contributed by atoms with van der Waals surface area (Å²) in [5, 5.41) is 9.38. The van der Waals surface area contributed by atoms with Crippen LogP contribution < -0.4 is 4.90 Å². The Hall–Kier alpha value is -2.86. The summed E-state index contributed by atoms with van der Waals surface area (Å²) in [6.07, 6.45) is 10.1. The second-order valence-corrected chi connectivity index (χ2v) is 11.8. The second kappa shape index (κ2) is 8.37. The predicted molar refractivity (Wildman–Crippen MR) is 142 cm³/mol. The van der Waals surface area contributed by atoms with E-state index < -0.39 is 0 Å². The molecule has 3 heteroatoms. The van der Waals surface area contributed by atoms with Crippen LogP contribution in [0, 0.1) is 23.2 Å². The minimum absolute atomic E-state index is 0.165. The molecule has 1 aliphatic heterocycles. The van der Waals surface area contributed by atoms with Gasteiger partial charge >= 0.3 is 0 Å². The van der Waals surface area contributed by atoms with Gasteiger partial charge in [-0.1, -0.05) is 46.1 Å². The monoisotopic (exact) mass is 464 g/mol. The first-order valence-electron chi connectivity index (χ1n) is 13.6. The molecule has 6 rings (SSSR count). The molecular weight excluding hydrogens is 428 g/mol. The van der Waals surface area contributed by atoms with E-state index >= 15 is 0 Å². The molecule has 1 heterocycles. The van der Waals surface area contributed by atoms with Gasteiger partial charge in [0.15, 0.2) is 5.78 Å². The van der Waals surface area contributed by atoms with Crippen molar-refractivity contribution in [1.82, 2.24) is 0 Å². The highest BCUT2D eigenvalue weighted by atomic mass is 16.1. The fraction of sp³-hybridized carbons (Fsp3) is 0.500. The van der Waals surface area contributed by atoms with Crippen molar-refractivity contribution < 1.29 is 4.79 Å². The zero-order chi connectivity index (χ0) is 24.3. The molecule has 2 aromatic carbocycles. The molecule has 4 aliphatic rings. The van der Waals surface area contributed by atoms with Crippen LogP contribution in [-0.4, -0.2) is 18.9 Å². The fourth-order valence-corrected chi connectivity index (χ4v) is 7.11. The first-order valence-corrected chi connectivity index (χ1v) is 13.6. The van der Waals surface area contributed by atoms with E-state index in [4.69, 9.17) is 0 Å². The van der Waals surface area contributed by atoms with Crippen molar-refractivity contribution in [3.63, 3.8) is 0 Å². The maximum atomic E-state index is 13.9. The Morgan fingerprint density at radius 1 is 1.03 bits per heavy atom. The maximum Gasteiger partial charge on any atom is 0.193 e. The van der Waals surface area contributed by atoms with Crippen LogP contribution in [0.15, 0.2) is 35.9 Å². The third kappa shape index (κ3) is 3.56. The van der Waals surface area contributed by atoms with Crippen LogP contribution in [0.5, 0.6) is 0 Å². The lowest BCUT2D eigenvalue weighted by atomic mass is 9.68. The van der Waals surface area contributed by atoms with Crippen molar-refractivity contribution >= 4 is 17.0 Å². The summed E-state index contributed by atoms with van der Waals surface area (Å²) in [4.78, 5) is 16.5. The largest absolute Gasteiger partial charge is 0.371 e. The summed E-state index contributed by atoms with van der Waals surface area (Å²) < 4.78 is 0. The number of nitrogens with zero attached hydrogens (tertiary/aromatic N) is 2. The van der Waals surface area contributed by atoms with E-state index in [0.717, 1.165) is 60.0 Å². The van der Waals surface area contributed by atoms with E-state index in [-0.39, 0.29) is 11.2 Å². The average molecular weight is 465 g/mol. The number of rotatable bonds is 4. The number of piperidine rings is 1. The number of fused-ring (bicyclic) bond motifs is 3. The zero-order valence-corrected chi connectivity index (χ0v) is 21.4. The second-order valence-electron chi connectivity index (χ2n) is 11.8. The molecule has 35 heavy (non-hydrogen) atoms. The Morgan fingerprint density at radius 2 is 1.77 bits per heavy atom. The molecule has 1 saturated heterocycles. The molecule has 0 aromatic heterocycles. The lowest BCUT2D eigenvalue weighted by Gasteiger charge is -2.40. The molecule has 0 atom stereocenters. The van der Waals surface area contributed by atoms with Crippen LogP contribution in [-0.2, 0) is 18.3 Å². The molecule has 0 bridgehead atoms. The van der Waals surface area contributed by atoms with Crippen molar-refractivity contribution in [2.75, 3.05) is 18.0 Å². The van der Waals surface area contributed by atoms with Gasteiger partial charge in [-0.3, -0.25) is 4.79 Å². The van der Waals surface area contributed by atoms with Gasteiger partial charge in [-0.15, -0.1) is 0 Å². The average Bonchev–Trinajstić information content (AvgIpc) is 3.24. The van der Waals surface area contributed by atoms with Crippen LogP contribution in [0.1, 0.15) is 97.5 Å². The van der Waals surface area contributed by atoms with Gasteiger partial charge in [0.1, 0.15) is 0 Å². The molecule has 0 amide bonds. The number of hydrogen-bond acceptors (Lipinski definition) is 3. The minimum atomic E-state index is -0.214. The van der Waals surface area contributed by atoms with Crippen LogP contribution >= 0.6 is 0 Å². The number of nitriles is 1. The van der Waals surface area contributed by atoms with E-state index in [1.54, 1.807) is 0 Å². The van der Waals surface area contributed by atoms with E-state index in [2.05, 4.69) is 43.9 Å². The molecule has 0 unspecified atom stereocenters. The summed E-state index contributed by atoms with van der Waals surface area (Å²) in [5.74, 6) is 2.05. The number of carbonyl (C=O) groups excluding carboxylic acids is 1. The summed E-state index contributed by atoms with van der Waals surface area (Å²) in [5.41, 5.74) is 9.41. The Kier molecular flexibility index (Phi) is 5.40. The highest BCUT2D eigenvalue weighted by Gasteiger charge is 2.43. The third-order valence-corrected chi connectivity index (χ3v) is 9.52. The number of hydrogen-bond donors (Lipinski definition) is 0. The van der Waals surface area contributed by atoms with Gasteiger partial charge in [0.05, 0.1) is 11.6 Å². The van der Waals surface area contributed by atoms with E-state index in [1.165, 1.54) is 60.9 Å². The predicted octanol–water partition coefficient (Wildman–Crippen LogP) is 7.01. The molecule has 0 N–H and O–H groups in total. The van der Waals surface area contributed by atoms with Crippen LogP contribution in [0.2, 0.25) is 0 Å². The maximum absolute atomic E-state index is 13.9. The number of ketones is 1. The minimum Gasteiger partial charge on any atom is -0.371 e. The Labute approximate surface area is 209 Å². The number of benzene rings is 2. The number of Topliss-reactive ketones (excluding diaryl/α,β-unsaturated/α-hetero) is 1. The van der Waals surface area contributed by atoms with E-state index in [0.29, 0.717) is 5.56 Å². The summed E-state index contributed by atoms with van der Waals surface area (Å²) in [7, 11) is 0. The van der Waals surface area contributed by atoms with Crippen molar-refractivity contribution in [2.24, 2.45) is 11.8 Å². The molecule has 1 saturated carbocycles. The molecule has 2 aromatic rings. The number of aryl methyl sites for hydroxylation is 1. The highest BCUT2D eigenvalue weighted by molar-refractivity contribution is 6.33. The lowest BCUT2D eigenvalue weighted by molar-refractivity contribution is 0.105. The summed E-state index contributed by atoms with van der Waals surface area (Å²) >= 11 is 0. The fourth-order valence-electron chi connectivity index (χ4n) is 7.11. The normalized spacial score (nSPS) is 21.3. The van der Waals surface area contributed by atoms with Crippen molar-refractivity contribution in [2.45, 2.75) is 77.6 Å². The SMILES string of the molecule is CCc1cc2c(cc1N1CCC(CC3CCC3)CC1)C(C)(C)C1=C(C2=O)c2ccc(C#N)cc2C1.